The topological polar surface area (TPSA) is 33.0 Å². The first-order valence-electron chi connectivity index (χ1n) is 2.82. The third kappa shape index (κ3) is 1.26. The number of benzene rings is 1. The molecule has 0 saturated carbocycles. The molecule has 1 radical (unpaired) electrons. The third-order valence-electron chi connectivity index (χ3n) is 1.13. The highest BCUT2D eigenvalue weighted by molar-refractivity contribution is 5.34. The Bertz CT molecular complexity index is 262. The van der Waals surface area contributed by atoms with Crippen LogP contribution in [-0.4, -0.2) is 7.11 Å². The van der Waals surface area contributed by atoms with E-state index in [4.69, 9.17) is 10.00 Å². The fraction of sp³-hybridized carbons (Fsp3) is 0.125. The molecule has 0 heterocycles. The standard InChI is InChI=1S/C8H6NO/c1-10-8-4-2-3-7(5-8)6-9/h2,4-5H,1H3. The van der Waals surface area contributed by atoms with Crippen LogP contribution in [0.25, 0.3) is 0 Å². The minimum atomic E-state index is 0.499. The highest BCUT2D eigenvalue weighted by Gasteiger charge is 1.91. The van der Waals surface area contributed by atoms with Crippen molar-refractivity contribution in [2.24, 2.45) is 0 Å². The van der Waals surface area contributed by atoms with E-state index in [1.165, 1.54) is 0 Å². The van der Waals surface area contributed by atoms with E-state index in [1.54, 1.807) is 25.3 Å². The maximum absolute atomic E-state index is 8.42. The first-order chi connectivity index (χ1) is 4.86. The molecule has 0 saturated heterocycles. The number of methoxy groups -OCH3 is 1. The lowest BCUT2D eigenvalue weighted by Gasteiger charge is -1.96. The van der Waals surface area contributed by atoms with E-state index >= 15 is 0 Å². The van der Waals surface area contributed by atoms with E-state index in [2.05, 4.69) is 6.07 Å². The van der Waals surface area contributed by atoms with Gasteiger partial charge in [0.1, 0.15) is 5.75 Å². The Labute approximate surface area is 59.7 Å². The predicted octanol–water partition coefficient (Wildman–Crippen LogP) is 1.37. The molecule has 0 atom stereocenters. The number of ether oxygens (including phenoxy) is 1. The predicted molar refractivity (Wildman–Crippen MR) is 36.5 cm³/mol. The number of nitriles is 1. The van der Waals surface area contributed by atoms with Crippen LogP contribution in [0.2, 0.25) is 0 Å². The smallest absolute Gasteiger partial charge is 0.120 e. The molecule has 10 heavy (non-hydrogen) atoms. The molecule has 0 aromatic heterocycles. The molecule has 0 N–H and O–H groups in total. The maximum atomic E-state index is 8.42. The second-order valence-electron chi connectivity index (χ2n) is 1.75. The van der Waals surface area contributed by atoms with Crippen molar-refractivity contribution in [3.05, 3.63) is 29.8 Å². The van der Waals surface area contributed by atoms with Crippen LogP contribution in [0.15, 0.2) is 18.2 Å². The van der Waals surface area contributed by atoms with E-state index in [9.17, 15) is 0 Å². The minimum Gasteiger partial charge on any atom is -0.497 e. The first-order valence-corrected chi connectivity index (χ1v) is 2.82. The molecular formula is C8H6NO. The second kappa shape index (κ2) is 2.88. The van der Waals surface area contributed by atoms with Crippen LogP contribution in [-0.2, 0) is 0 Å². The van der Waals surface area contributed by atoms with Gasteiger partial charge in [-0.2, -0.15) is 5.26 Å². The molecule has 0 aliphatic heterocycles. The summed E-state index contributed by atoms with van der Waals surface area (Å²) in [7, 11) is 1.57. The Morgan fingerprint density at radius 2 is 2.50 bits per heavy atom. The summed E-state index contributed by atoms with van der Waals surface area (Å²) in [6, 6.07) is 9.77. The van der Waals surface area contributed by atoms with Crippen molar-refractivity contribution in [2.75, 3.05) is 7.11 Å². The lowest BCUT2D eigenvalue weighted by atomic mass is 10.2. The van der Waals surface area contributed by atoms with Crippen LogP contribution in [0.5, 0.6) is 5.75 Å². The zero-order valence-corrected chi connectivity index (χ0v) is 5.59. The Hall–Kier alpha value is -1.49. The van der Waals surface area contributed by atoms with Gasteiger partial charge in [-0.25, -0.2) is 0 Å². The van der Waals surface area contributed by atoms with Crippen LogP contribution in [0.3, 0.4) is 0 Å². The van der Waals surface area contributed by atoms with E-state index in [-0.39, 0.29) is 0 Å². The first kappa shape index (κ1) is 6.63. The fourth-order valence-corrected chi connectivity index (χ4v) is 0.637. The largest absolute Gasteiger partial charge is 0.497 e. The molecule has 2 heteroatoms. The van der Waals surface area contributed by atoms with Crippen molar-refractivity contribution < 1.29 is 4.74 Å². The summed E-state index contributed by atoms with van der Waals surface area (Å²) in [4.78, 5) is 0. The van der Waals surface area contributed by atoms with Gasteiger partial charge in [0.15, 0.2) is 0 Å². The molecule has 0 unspecified atom stereocenters. The summed E-state index contributed by atoms with van der Waals surface area (Å²) in [5.74, 6) is 0.690. The van der Waals surface area contributed by atoms with E-state index < -0.39 is 0 Å². The Morgan fingerprint density at radius 3 is 3.10 bits per heavy atom. The van der Waals surface area contributed by atoms with Gasteiger partial charge >= 0.3 is 0 Å². The molecular weight excluding hydrogens is 126 g/mol. The van der Waals surface area contributed by atoms with Gasteiger partial charge in [-0.3, -0.25) is 0 Å². The molecule has 0 bridgehead atoms. The normalized spacial score (nSPS) is 8.40. The van der Waals surface area contributed by atoms with Crippen molar-refractivity contribution in [1.82, 2.24) is 0 Å². The van der Waals surface area contributed by atoms with E-state index in [0.717, 1.165) is 0 Å². The molecule has 0 fully saturated rings. The zero-order chi connectivity index (χ0) is 7.40. The van der Waals surface area contributed by atoms with Gasteiger partial charge in [-0.1, -0.05) is 0 Å². The zero-order valence-electron chi connectivity index (χ0n) is 5.59. The molecule has 0 amide bonds. The summed E-state index contributed by atoms with van der Waals surface area (Å²) >= 11 is 0. The minimum absolute atomic E-state index is 0.499. The summed E-state index contributed by atoms with van der Waals surface area (Å²) in [5, 5.41) is 8.42. The lowest BCUT2D eigenvalue weighted by molar-refractivity contribution is 0.414. The number of rotatable bonds is 1. The number of hydrogen-bond donors (Lipinski definition) is 0. The fourth-order valence-electron chi connectivity index (χ4n) is 0.637. The molecule has 0 spiro atoms. The Morgan fingerprint density at radius 1 is 1.70 bits per heavy atom. The average molecular weight is 132 g/mol. The number of hydrogen-bond acceptors (Lipinski definition) is 2. The van der Waals surface area contributed by atoms with Gasteiger partial charge in [-0.15, -0.1) is 0 Å². The summed E-state index contributed by atoms with van der Waals surface area (Å²) in [6.45, 7) is 0. The Kier molecular flexibility index (Phi) is 1.91. The van der Waals surface area contributed by atoms with Gasteiger partial charge in [0, 0.05) is 6.07 Å². The molecule has 1 aromatic carbocycles. The molecule has 49 valence electrons. The van der Waals surface area contributed by atoms with Crippen molar-refractivity contribution in [2.45, 2.75) is 0 Å². The van der Waals surface area contributed by atoms with Crippen LogP contribution < -0.4 is 4.74 Å². The lowest BCUT2D eigenvalue weighted by Crippen LogP contribution is -1.82. The highest BCUT2D eigenvalue weighted by atomic mass is 16.5. The van der Waals surface area contributed by atoms with Gasteiger partial charge in [-0.05, 0) is 18.2 Å². The van der Waals surface area contributed by atoms with Crippen molar-refractivity contribution >= 4 is 0 Å². The maximum Gasteiger partial charge on any atom is 0.120 e. The molecule has 1 aromatic rings. The second-order valence-corrected chi connectivity index (χ2v) is 1.75. The van der Waals surface area contributed by atoms with Crippen LogP contribution >= 0.6 is 0 Å². The quantitative estimate of drug-likeness (QED) is 0.578. The summed E-state index contributed by atoms with van der Waals surface area (Å²) in [6.07, 6.45) is 0. The average Bonchev–Trinajstić information content (AvgIpc) is 2.05. The number of nitrogens with zero attached hydrogens (tertiary/aromatic N) is 1. The Balaban J connectivity index is 3.01. The monoisotopic (exact) mass is 132 g/mol. The van der Waals surface area contributed by atoms with Crippen LogP contribution in [0.1, 0.15) is 5.56 Å². The van der Waals surface area contributed by atoms with Gasteiger partial charge < -0.3 is 4.74 Å². The van der Waals surface area contributed by atoms with E-state index in [0.29, 0.717) is 11.3 Å². The molecule has 1 rings (SSSR count). The van der Waals surface area contributed by atoms with Crippen LogP contribution in [0, 0.1) is 17.4 Å². The van der Waals surface area contributed by atoms with Gasteiger partial charge in [0.2, 0.25) is 0 Å². The summed E-state index contributed by atoms with van der Waals surface area (Å²) in [5.41, 5.74) is 0.499. The van der Waals surface area contributed by atoms with Crippen molar-refractivity contribution in [3.63, 3.8) is 0 Å². The van der Waals surface area contributed by atoms with Crippen molar-refractivity contribution in [1.29, 1.82) is 5.26 Å². The third-order valence-corrected chi connectivity index (χ3v) is 1.13. The van der Waals surface area contributed by atoms with Gasteiger partial charge in [0.25, 0.3) is 0 Å². The SMILES string of the molecule is COc1cc[c]c(C#N)c1. The molecule has 0 aliphatic carbocycles. The molecule has 0 aliphatic rings. The summed E-state index contributed by atoms with van der Waals surface area (Å²) < 4.78 is 4.89. The highest BCUT2D eigenvalue weighted by Crippen LogP contribution is 2.10. The van der Waals surface area contributed by atoms with Crippen molar-refractivity contribution in [3.8, 4) is 11.8 Å². The van der Waals surface area contributed by atoms with Gasteiger partial charge in [0.05, 0.1) is 18.7 Å². The van der Waals surface area contributed by atoms with E-state index in [1.807, 2.05) is 6.07 Å². The van der Waals surface area contributed by atoms with Crippen LogP contribution in [0.4, 0.5) is 0 Å². The molecule has 2 nitrogen and oxygen atoms in total.